The summed E-state index contributed by atoms with van der Waals surface area (Å²) in [7, 11) is -4.69. The van der Waals surface area contributed by atoms with Gasteiger partial charge in [-0.25, -0.2) is 0 Å². The molecular formula is C22H29ClN2O5. The van der Waals surface area contributed by atoms with Gasteiger partial charge in [-0.1, -0.05) is 55.5 Å². The van der Waals surface area contributed by atoms with Crippen molar-refractivity contribution in [2.24, 2.45) is 5.92 Å². The first-order valence-corrected chi connectivity index (χ1v) is 11.3. The number of anilines is 1. The van der Waals surface area contributed by atoms with Crippen molar-refractivity contribution >= 4 is 11.6 Å². The Labute approximate surface area is 179 Å². The maximum absolute atomic E-state index is 12.4. The fourth-order valence-electron chi connectivity index (χ4n) is 3.64. The van der Waals surface area contributed by atoms with Crippen molar-refractivity contribution in [3.05, 3.63) is 65.7 Å². The highest BCUT2D eigenvalue weighted by Gasteiger charge is 2.21. The maximum atomic E-state index is 12.4. The Kier molecular flexibility index (Phi) is 9.71. The SMILES string of the molecule is CCc1ccccc1NC(=O)CN1CCC(Cc2ccccc2)CC1.[O-][Cl+3]([O-])([O-])O. The number of rotatable bonds is 6. The average Bonchev–Trinajstić information content (AvgIpc) is 2.69. The minimum atomic E-state index is -4.69. The number of nitrogens with one attached hydrogen (secondary N) is 1. The van der Waals surface area contributed by atoms with Crippen LogP contribution in [0.4, 0.5) is 5.69 Å². The number of nitrogens with zero attached hydrogens (tertiary/aromatic N) is 1. The van der Waals surface area contributed by atoms with Crippen LogP contribution < -0.4 is 19.3 Å². The molecule has 0 spiro atoms. The number of likely N-dealkylation sites (tertiary alicyclic amines) is 1. The summed E-state index contributed by atoms with van der Waals surface area (Å²) in [6.45, 7) is 4.64. The van der Waals surface area contributed by atoms with Crippen molar-refractivity contribution in [3.8, 4) is 0 Å². The van der Waals surface area contributed by atoms with Crippen molar-refractivity contribution in [1.29, 1.82) is 0 Å². The fraction of sp³-hybridized carbons (Fsp3) is 0.409. The van der Waals surface area contributed by atoms with E-state index in [1.54, 1.807) is 0 Å². The predicted octanol–water partition coefficient (Wildman–Crippen LogP) is 0.0182. The molecule has 2 aromatic rings. The summed E-state index contributed by atoms with van der Waals surface area (Å²) >= 11 is 0. The van der Waals surface area contributed by atoms with Crippen molar-refractivity contribution in [3.63, 3.8) is 0 Å². The quantitative estimate of drug-likeness (QED) is 0.658. The van der Waals surface area contributed by atoms with Gasteiger partial charge in [0.05, 0.1) is 21.4 Å². The molecule has 8 heteroatoms. The molecule has 1 aliphatic heterocycles. The van der Waals surface area contributed by atoms with E-state index in [2.05, 4.69) is 53.5 Å². The minimum Gasteiger partial charge on any atom is -0.325 e. The molecule has 1 aliphatic rings. The van der Waals surface area contributed by atoms with Crippen molar-refractivity contribution < 1.29 is 33.7 Å². The van der Waals surface area contributed by atoms with E-state index in [9.17, 15) is 4.79 Å². The predicted molar refractivity (Wildman–Crippen MR) is 106 cm³/mol. The molecule has 1 fully saturated rings. The molecule has 1 amide bonds. The Morgan fingerprint density at radius 1 is 1.07 bits per heavy atom. The van der Waals surface area contributed by atoms with Gasteiger partial charge >= 0.3 is 0 Å². The number of benzene rings is 2. The molecule has 0 saturated carbocycles. The van der Waals surface area contributed by atoms with Crippen LogP contribution in [0, 0.1) is 16.2 Å². The second-order valence-corrected chi connectivity index (χ2v) is 8.16. The third kappa shape index (κ3) is 9.67. The van der Waals surface area contributed by atoms with E-state index in [1.807, 2.05) is 18.2 Å². The molecule has 1 heterocycles. The lowest BCUT2D eigenvalue weighted by Crippen LogP contribution is -2.58. The molecule has 2 aromatic carbocycles. The number of hydrogen-bond donors (Lipinski definition) is 2. The van der Waals surface area contributed by atoms with E-state index in [1.165, 1.54) is 24.0 Å². The highest BCUT2D eigenvalue weighted by Crippen LogP contribution is 2.22. The van der Waals surface area contributed by atoms with Crippen LogP contribution in [0.15, 0.2) is 54.6 Å². The van der Waals surface area contributed by atoms with Gasteiger partial charge in [0.2, 0.25) is 5.91 Å². The molecule has 0 bridgehead atoms. The number of para-hydroxylation sites is 1. The van der Waals surface area contributed by atoms with Crippen LogP contribution in [-0.2, 0) is 17.6 Å². The summed E-state index contributed by atoms with van der Waals surface area (Å²) in [5, 5.41) is 3.08. The molecule has 2 N–H and O–H groups in total. The molecule has 0 unspecified atom stereocenters. The van der Waals surface area contributed by atoms with E-state index in [4.69, 9.17) is 18.6 Å². The molecular weight excluding hydrogens is 408 g/mol. The normalized spacial score (nSPS) is 15.2. The number of halogens is 1. The highest BCUT2D eigenvalue weighted by molar-refractivity contribution is 5.93. The third-order valence-corrected chi connectivity index (χ3v) is 5.11. The van der Waals surface area contributed by atoms with Gasteiger partial charge in [0.25, 0.3) is 0 Å². The van der Waals surface area contributed by atoms with E-state index in [0.717, 1.165) is 37.5 Å². The summed E-state index contributed by atoms with van der Waals surface area (Å²) in [6, 6.07) is 18.8. The van der Waals surface area contributed by atoms with Gasteiger partial charge in [-0.15, -0.1) is 0 Å². The van der Waals surface area contributed by atoms with Gasteiger partial charge in [0.15, 0.2) is 0 Å². The molecule has 0 atom stereocenters. The zero-order chi connectivity index (χ0) is 22.0. The van der Waals surface area contributed by atoms with Crippen LogP contribution in [0.3, 0.4) is 0 Å². The van der Waals surface area contributed by atoms with Crippen molar-refractivity contribution in [1.82, 2.24) is 4.90 Å². The summed E-state index contributed by atoms with van der Waals surface area (Å²) in [5.74, 6) is 0.838. The summed E-state index contributed by atoms with van der Waals surface area (Å²) in [4.78, 5) is 14.7. The molecule has 0 radical (unpaired) electrons. The van der Waals surface area contributed by atoms with E-state index < -0.39 is 10.2 Å². The largest absolute Gasteiger partial charge is 0.325 e. The van der Waals surface area contributed by atoms with Gasteiger partial charge in [0, 0.05) is 5.69 Å². The standard InChI is InChI=1S/C22H28N2O.ClHO4/c1-2-20-10-6-7-11-21(20)23-22(25)17-24-14-12-19(13-15-24)16-18-8-4-3-5-9-18;2-1(3,4)5/h3-11,19H,2,12-17H2,1H3,(H,23,25);(H,2,3,4,5). The molecule has 164 valence electrons. The van der Waals surface area contributed by atoms with Gasteiger partial charge in [0.1, 0.15) is 0 Å². The fourth-order valence-corrected chi connectivity index (χ4v) is 3.64. The number of piperidine rings is 1. The summed E-state index contributed by atoms with van der Waals surface area (Å²) in [5.41, 5.74) is 3.57. The van der Waals surface area contributed by atoms with Crippen molar-refractivity contribution in [2.45, 2.75) is 32.6 Å². The van der Waals surface area contributed by atoms with Gasteiger partial charge in [-0.2, -0.15) is 14.0 Å². The maximum Gasteiger partial charge on any atom is 0.238 e. The highest BCUT2D eigenvalue weighted by atomic mass is 35.7. The lowest BCUT2D eigenvalue weighted by Gasteiger charge is -2.31. The number of hydrogen-bond acceptors (Lipinski definition) is 6. The summed E-state index contributed by atoms with van der Waals surface area (Å²) in [6.07, 6.45) is 4.44. The molecule has 1 saturated heterocycles. The van der Waals surface area contributed by atoms with Crippen LogP contribution in [0.1, 0.15) is 30.9 Å². The Hall–Kier alpha value is -2.00. The van der Waals surface area contributed by atoms with E-state index >= 15 is 0 Å². The van der Waals surface area contributed by atoms with Gasteiger partial charge < -0.3 is 5.32 Å². The lowest BCUT2D eigenvalue weighted by molar-refractivity contribution is -1.92. The first kappa shape index (κ1) is 24.3. The second-order valence-electron chi connectivity index (χ2n) is 7.36. The number of carbonyl (C=O) groups excluding carboxylic acids is 1. The van der Waals surface area contributed by atoms with Crippen LogP contribution in [0.2, 0.25) is 0 Å². The number of amides is 1. The van der Waals surface area contributed by atoms with E-state index in [-0.39, 0.29) is 5.91 Å². The van der Waals surface area contributed by atoms with Crippen LogP contribution in [0.5, 0.6) is 0 Å². The number of carbonyl (C=O) groups is 1. The molecule has 0 aromatic heterocycles. The van der Waals surface area contributed by atoms with Gasteiger partial charge in [-0.05, 0) is 61.9 Å². The van der Waals surface area contributed by atoms with Gasteiger partial charge in [-0.3, -0.25) is 9.69 Å². The monoisotopic (exact) mass is 436 g/mol. The first-order valence-electron chi connectivity index (χ1n) is 10.0. The van der Waals surface area contributed by atoms with Crippen LogP contribution in [-0.4, -0.2) is 35.1 Å². The minimum absolute atomic E-state index is 0.0995. The van der Waals surface area contributed by atoms with Crippen LogP contribution in [0.25, 0.3) is 0 Å². The Morgan fingerprint density at radius 3 is 2.23 bits per heavy atom. The topological polar surface area (TPSA) is 122 Å². The zero-order valence-corrected chi connectivity index (χ0v) is 17.9. The number of aryl methyl sites for hydroxylation is 1. The van der Waals surface area contributed by atoms with E-state index in [0.29, 0.717) is 6.54 Å². The molecule has 0 aliphatic carbocycles. The lowest BCUT2D eigenvalue weighted by atomic mass is 9.90. The second kappa shape index (κ2) is 12.0. The Bertz CT molecular complexity index is 769. The first-order chi connectivity index (χ1) is 14.2. The third-order valence-electron chi connectivity index (χ3n) is 5.11. The molecule has 30 heavy (non-hydrogen) atoms. The summed E-state index contributed by atoms with van der Waals surface area (Å²) < 4.78 is 32.7. The van der Waals surface area contributed by atoms with Crippen molar-refractivity contribution in [2.75, 3.05) is 25.0 Å². The average molecular weight is 437 g/mol. The molecule has 7 nitrogen and oxygen atoms in total. The van der Waals surface area contributed by atoms with Crippen LogP contribution >= 0.6 is 0 Å². The Balaban J connectivity index is 0.000000575. The molecule has 3 rings (SSSR count). The Morgan fingerprint density at radius 2 is 1.63 bits per heavy atom. The smallest absolute Gasteiger partial charge is 0.238 e. The zero-order valence-electron chi connectivity index (χ0n) is 17.1.